The zero-order chi connectivity index (χ0) is 13.1. The second-order valence-corrected chi connectivity index (χ2v) is 4.19. The Bertz CT molecular complexity index is 483. The molecule has 1 N–H and O–H groups in total. The Morgan fingerprint density at radius 2 is 1.83 bits per heavy atom. The lowest BCUT2D eigenvalue weighted by Crippen LogP contribution is -2.43. The van der Waals surface area contributed by atoms with Gasteiger partial charge >= 0.3 is 5.97 Å². The fraction of sp³-hybridized carbons (Fsp3) is 0.308. The van der Waals surface area contributed by atoms with Crippen molar-refractivity contribution in [3.8, 4) is 0 Å². The van der Waals surface area contributed by atoms with Crippen LogP contribution < -0.4 is 0 Å². The number of hydrogen-bond acceptors (Lipinski definition) is 3. The van der Waals surface area contributed by atoms with Crippen LogP contribution in [0.15, 0.2) is 30.3 Å². The lowest BCUT2D eigenvalue weighted by atomic mass is 10.1. The van der Waals surface area contributed by atoms with Crippen LogP contribution in [0.3, 0.4) is 0 Å². The molecule has 18 heavy (non-hydrogen) atoms. The second-order valence-electron chi connectivity index (χ2n) is 4.19. The van der Waals surface area contributed by atoms with E-state index in [1.54, 1.807) is 30.3 Å². The van der Waals surface area contributed by atoms with Crippen molar-refractivity contribution in [3.63, 3.8) is 0 Å². The van der Waals surface area contributed by atoms with E-state index < -0.39 is 23.7 Å². The third kappa shape index (κ3) is 2.25. The van der Waals surface area contributed by atoms with Crippen LogP contribution in [0.4, 0.5) is 0 Å². The van der Waals surface area contributed by atoms with E-state index in [-0.39, 0.29) is 0 Å². The largest absolute Gasteiger partial charge is 0.480 e. The molecule has 1 fully saturated rings. The zero-order valence-corrected chi connectivity index (χ0v) is 9.70. The Hall–Kier alpha value is -2.17. The number of rotatable bonds is 3. The summed E-state index contributed by atoms with van der Waals surface area (Å²) >= 11 is 0. The first-order chi connectivity index (χ1) is 8.61. The van der Waals surface area contributed by atoms with Crippen molar-refractivity contribution in [3.05, 3.63) is 35.9 Å². The first kappa shape index (κ1) is 12.3. The molecule has 0 spiro atoms. The summed E-state index contributed by atoms with van der Waals surface area (Å²) < 4.78 is 0. The summed E-state index contributed by atoms with van der Waals surface area (Å²) in [6.07, 6.45) is 1.02. The predicted octanol–water partition coefficient (Wildman–Crippen LogP) is 0.945. The van der Waals surface area contributed by atoms with E-state index in [4.69, 9.17) is 5.11 Å². The van der Waals surface area contributed by atoms with Gasteiger partial charge in [-0.2, -0.15) is 0 Å². The van der Waals surface area contributed by atoms with Gasteiger partial charge in [-0.25, -0.2) is 4.79 Å². The van der Waals surface area contributed by atoms with E-state index >= 15 is 0 Å². The molecule has 0 radical (unpaired) electrons. The molecule has 0 saturated carbocycles. The number of carbonyl (C=O) groups is 3. The van der Waals surface area contributed by atoms with Crippen LogP contribution in [0.1, 0.15) is 23.2 Å². The summed E-state index contributed by atoms with van der Waals surface area (Å²) in [4.78, 5) is 36.0. The van der Waals surface area contributed by atoms with Crippen molar-refractivity contribution in [2.24, 2.45) is 0 Å². The number of nitrogens with zero attached hydrogens (tertiary/aromatic N) is 1. The molecule has 1 aromatic carbocycles. The van der Waals surface area contributed by atoms with Crippen molar-refractivity contribution < 1.29 is 19.5 Å². The molecular formula is C13H13NO4. The third-order valence-corrected chi connectivity index (χ3v) is 3.03. The Morgan fingerprint density at radius 3 is 2.44 bits per heavy atom. The molecule has 1 amide bonds. The summed E-state index contributed by atoms with van der Waals surface area (Å²) in [5.74, 6) is -2.43. The van der Waals surface area contributed by atoms with Crippen molar-refractivity contribution in [1.29, 1.82) is 0 Å². The average Bonchev–Trinajstić information content (AvgIpc) is 2.87. The van der Waals surface area contributed by atoms with E-state index in [2.05, 4.69) is 0 Å². The highest BCUT2D eigenvalue weighted by Crippen LogP contribution is 2.18. The average molecular weight is 247 g/mol. The summed E-state index contributed by atoms with van der Waals surface area (Å²) in [7, 11) is 0. The molecule has 1 aromatic rings. The molecule has 5 nitrogen and oxygen atoms in total. The molecule has 1 aliphatic rings. The van der Waals surface area contributed by atoms with Crippen LogP contribution in [0.5, 0.6) is 0 Å². The summed E-state index contributed by atoms with van der Waals surface area (Å²) in [6.45, 7) is 0.328. The number of likely N-dealkylation sites (tertiary alicyclic amines) is 1. The Labute approximate surface area is 104 Å². The Morgan fingerprint density at radius 1 is 1.17 bits per heavy atom. The molecule has 1 aliphatic heterocycles. The smallest absolute Gasteiger partial charge is 0.326 e. The number of carboxylic acid groups (broad SMARTS) is 1. The van der Waals surface area contributed by atoms with Crippen LogP contribution in [-0.2, 0) is 9.59 Å². The molecule has 1 heterocycles. The Kier molecular flexibility index (Phi) is 3.41. The fourth-order valence-electron chi connectivity index (χ4n) is 2.11. The minimum atomic E-state index is -1.05. The maximum absolute atomic E-state index is 12.0. The van der Waals surface area contributed by atoms with Gasteiger partial charge in [0.05, 0.1) is 0 Å². The highest BCUT2D eigenvalue weighted by Gasteiger charge is 2.36. The van der Waals surface area contributed by atoms with Crippen molar-refractivity contribution >= 4 is 17.7 Å². The SMILES string of the molecule is O=C(C(=O)N1CCCC1C(=O)O)c1ccccc1. The van der Waals surface area contributed by atoms with Gasteiger partial charge in [-0.1, -0.05) is 30.3 Å². The van der Waals surface area contributed by atoms with E-state index in [0.717, 1.165) is 4.90 Å². The highest BCUT2D eigenvalue weighted by atomic mass is 16.4. The van der Waals surface area contributed by atoms with Crippen LogP contribution >= 0.6 is 0 Å². The van der Waals surface area contributed by atoms with E-state index in [1.165, 1.54) is 0 Å². The van der Waals surface area contributed by atoms with E-state index in [0.29, 0.717) is 24.9 Å². The van der Waals surface area contributed by atoms with Crippen LogP contribution in [0.25, 0.3) is 0 Å². The van der Waals surface area contributed by atoms with Gasteiger partial charge in [0, 0.05) is 12.1 Å². The van der Waals surface area contributed by atoms with Crippen molar-refractivity contribution in [2.75, 3.05) is 6.54 Å². The van der Waals surface area contributed by atoms with Crippen molar-refractivity contribution in [1.82, 2.24) is 4.90 Å². The molecule has 1 unspecified atom stereocenters. The number of aliphatic carboxylic acids is 1. The van der Waals surface area contributed by atoms with Crippen LogP contribution in [-0.4, -0.2) is 40.3 Å². The quantitative estimate of drug-likeness (QED) is 0.637. The maximum Gasteiger partial charge on any atom is 0.326 e. The van der Waals surface area contributed by atoms with Crippen LogP contribution in [0.2, 0.25) is 0 Å². The van der Waals surface area contributed by atoms with Crippen molar-refractivity contribution in [2.45, 2.75) is 18.9 Å². The van der Waals surface area contributed by atoms with Gasteiger partial charge in [0.1, 0.15) is 6.04 Å². The summed E-state index contributed by atoms with van der Waals surface area (Å²) in [6, 6.07) is 7.30. The topological polar surface area (TPSA) is 74.7 Å². The van der Waals surface area contributed by atoms with Gasteiger partial charge in [-0.3, -0.25) is 9.59 Å². The molecule has 0 aliphatic carbocycles. The van der Waals surface area contributed by atoms with Crippen LogP contribution in [0, 0.1) is 0 Å². The number of hydrogen-bond donors (Lipinski definition) is 1. The summed E-state index contributed by atoms with van der Waals surface area (Å²) in [5.41, 5.74) is 0.290. The maximum atomic E-state index is 12.0. The second kappa shape index (κ2) is 5.00. The molecule has 1 atom stereocenters. The number of ketones is 1. The van der Waals surface area contributed by atoms with Gasteiger partial charge in [-0.05, 0) is 12.8 Å². The fourth-order valence-corrected chi connectivity index (χ4v) is 2.11. The molecule has 2 rings (SSSR count). The van der Waals surface area contributed by atoms with Gasteiger partial charge in [-0.15, -0.1) is 0 Å². The lowest BCUT2D eigenvalue weighted by Gasteiger charge is -2.20. The lowest BCUT2D eigenvalue weighted by molar-refractivity contribution is -0.146. The molecular weight excluding hydrogens is 234 g/mol. The minimum Gasteiger partial charge on any atom is -0.480 e. The monoisotopic (exact) mass is 247 g/mol. The van der Waals surface area contributed by atoms with Gasteiger partial charge in [0.15, 0.2) is 0 Å². The number of carbonyl (C=O) groups excluding carboxylic acids is 2. The van der Waals surface area contributed by atoms with Gasteiger partial charge in [0.2, 0.25) is 5.78 Å². The molecule has 94 valence electrons. The van der Waals surface area contributed by atoms with Gasteiger partial charge < -0.3 is 10.0 Å². The molecule has 1 saturated heterocycles. The highest BCUT2D eigenvalue weighted by molar-refractivity contribution is 6.43. The normalized spacial score (nSPS) is 18.7. The number of benzene rings is 1. The number of carboxylic acids is 1. The molecule has 5 heteroatoms. The van der Waals surface area contributed by atoms with Gasteiger partial charge in [0.25, 0.3) is 5.91 Å². The Balaban J connectivity index is 2.17. The number of amides is 1. The molecule has 0 aromatic heterocycles. The third-order valence-electron chi connectivity index (χ3n) is 3.03. The first-order valence-corrected chi connectivity index (χ1v) is 5.74. The minimum absolute atomic E-state index is 0.290. The number of Topliss-reactive ketones (excluding diaryl/α,β-unsaturated/α-hetero) is 1. The first-order valence-electron chi connectivity index (χ1n) is 5.74. The predicted molar refractivity (Wildman–Crippen MR) is 63.1 cm³/mol. The standard InChI is InChI=1S/C13H13NO4/c15-11(9-5-2-1-3-6-9)12(16)14-8-4-7-10(14)13(17)18/h1-3,5-6,10H,4,7-8H2,(H,17,18). The molecule has 0 bridgehead atoms. The van der Waals surface area contributed by atoms with E-state index in [1.807, 2.05) is 0 Å². The zero-order valence-electron chi connectivity index (χ0n) is 9.70. The van der Waals surface area contributed by atoms with E-state index in [9.17, 15) is 14.4 Å². The summed E-state index contributed by atoms with van der Waals surface area (Å²) in [5, 5.41) is 8.98.